The van der Waals surface area contributed by atoms with E-state index in [9.17, 15) is 4.39 Å². The van der Waals surface area contributed by atoms with Crippen molar-refractivity contribution in [2.45, 2.75) is 26.4 Å². The van der Waals surface area contributed by atoms with Crippen LogP contribution in [0.1, 0.15) is 31.3 Å². The number of halogens is 1. The molecule has 0 radical (unpaired) electrons. The minimum atomic E-state index is -0.239. The molecular formula is C23H26FN7S. The van der Waals surface area contributed by atoms with E-state index in [1.54, 1.807) is 23.5 Å². The first-order chi connectivity index (χ1) is 15.6. The van der Waals surface area contributed by atoms with Gasteiger partial charge in [-0.1, -0.05) is 49.4 Å². The van der Waals surface area contributed by atoms with E-state index in [0.29, 0.717) is 12.5 Å². The van der Waals surface area contributed by atoms with Crippen LogP contribution >= 0.6 is 11.3 Å². The summed E-state index contributed by atoms with van der Waals surface area (Å²) in [5.41, 5.74) is 2.04. The quantitative estimate of drug-likeness (QED) is 0.442. The van der Waals surface area contributed by atoms with Crippen molar-refractivity contribution in [1.29, 1.82) is 0 Å². The summed E-state index contributed by atoms with van der Waals surface area (Å²) < 4.78 is 16.3. The number of benzene rings is 2. The zero-order chi connectivity index (χ0) is 22.1. The van der Waals surface area contributed by atoms with E-state index in [1.807, 2.05) is 10.7 Å². The highest BCUT2D eigenvalue weighted by molar-refractivity contribution is 7.22. The lowest BCUT2D eigenvalue weighted by molar-refractivity contribution is 0.135. The molecule has 2 aromatic heterocycles. The highest BCUT2D eigenvalue weighted by atomic mass is 32.1. The Morgan fingerprint density at radius 1 is 1.00 bits per heavy atom. The molecule has 0 spiro atoms. The molecule has 1 fully saturated rings. The predicted octanol–water partition coefficient (Wildman–Crippen LogP) is 3.99. The molecule has 1 aliphatic heterocycles. The highest BCUT2D eigenvalue weighted by Crippen LogP contribution is 2.32. The zero-order valence-electron chi connectivity index (χ0n) is 18.2. The van der Waals surface area contributed by atoms with E-state index in [0.717, 1.165) is 48.2 Å². The van der Waals surface area contributed by atoms with Gasteiger partial charge >= 0.3 is 0 Å². The number of nitrogens with zero attached hydrogens (tertiary/aromatic N) is 7. The van der Waals surface area contributed by atoms with Crippen LogP contribution < -0.4 is 4.90 Å². The minimum Gasteiger partial charge on any atom is -0.345 e. The van der Waals surface area contributed by atoms with E-state index >= 15 is 0 Å². The maximum absolute atomic E-state index is 13.3. The van der Waals surface area contributed by atoms with E-state index in [-0.39, 0.29) is 11.9 Å². The maximum Gasteiger partial charge on any atom is 0.186 e. The molecule has 2 aromatic carbocycles. The van der Waals surface area contributed by atoms with Gasteiger partial charge in [-0.05, 0) is 46.2 Å². The van der Waals surface area contributed by atoms with Crippen molar-refractivity contribution in [1.82, 2.24) is 30.1 Å². The number of fused-ring (bicyclic) bond motifs is 1. The molecule has 0 amide bonds. The van der Waals surface area contributed by atoms with E-state index < -0.39 is 0 Å². The Kier molecular flexibility index (Phi) is 5.84. The normalized spacial score (nSPS) is 16.2. The fraction of sp³-hybridized carbons (Fsp3) is 0.391. The third kappa shape index (κ3) is 4.22. The summed E-state index contributed by atoms with van der Waals surface area (Å²) in [5.74, 6) is 0.969. The van der Waals surface area contributed by atoms with Crippen molar-refractivity contribution >= 4 is 26.7 Å². The van der Waals surface area contributed by atoms with Crippen LogP contribution in [0, 0.1) is 11.7 Å². The van der Waals surface area contributed by atoms with Crippen LogP contribution in [-0.2, 0) is 6.54 Å². The fourth-order valence-corrected chi connectivity index (χ4v) is 5.39. The predicted molar refractivity (Wildman–Crippen MR) is 124 cm³/mol. The van der Waals surface area contributed by atoms with Crippen molar-refractivity contribution in [3.63, 3.8) is 0 Å². The van der Waals surface area contributed by atoms with E-state index in [4.69, 9.17) is 4.98 Å². The van der Waals surface area contributed by atoms with Crippen LogP contribution in [0.5, 0.6) is 0 Å². The van der Waals surface area contributed by atoms with Crippen LogP contribution in [0.25, 0.3) is 10.2 Å². The lowest BCUT2D eigenvalue weighted by Gasteiger charge is -2.40. The molecule has 7 nitrogen and oxygen atoms in total. The van der Waals surface area contributed by atoms with Gasteiger partial charge in [-0.15, -0.1) is 5.10 Å². The minimum absolute atomic E-state index is 0.114. The number of rotatable bonds is 6. The molecule has 1 atom stereocenters. The number of aromatic nitrogens is 5. The molecule has 1 aliphatic rings. The lowest BCUT2D eigenvalue weighted by Crippen LogP contribution is -2.49. The first-order valence-electron chi connectivity index (χ1n) is 10.9. The molecule has 1 saturated heterocycles. The van der Waals surface area contributed by atoms with Gasteiger partial charge < -0.3 is 4.90 Å². The number of tetrazole rings is 1. The number of para-hydroxylation sites is 1. The summed E-state index contributed by atoms with van der Waals surface area (Å²) in [4.78, 5) is 9.67. The monoisotopic (exact) mass is 451 g/mol. The second kappa shape index (κ2) is 8.91. The molecular weight excluding hydrogens is 425 g/mol. The SMILES string of the molecule is CC(C)[C@@H](c1nnnn1Cc1ccc(F)cc1)N1CCN(c2nc3ccccc3s2)CC1. The summed E-state index contributed by atoms with van der Waals surface area (Å²) >= 11 is 1.76. The first kappa shape index (κ1) is 21.0. The summed E-state index contributed by atoms with van der Waals surface area (Å²) in [6.07, 6.45) is 0. The first-order valence-corrected chi connectivity index (χ1v) is 11.8. The number of hydrogen-bond donors (Lipinski definition) is 0. The molecule has 0 N–H and O–H groups in total. The largest absolute Gasteiger partial charge is 0.345 e. The molecule has 166 valence electrons. The average Bonchev–Trinajstić information content (AvgIpc) is 3.43. The van der Waals surface area contributed by atoms with Crippen molar-refractivity contribution in [2.75, 3.05) is 31.1 Å². The van der Waals surface area contributed by atoms with Gasteiger partial charge in [0.25, 0.3) is 0 Å². The second-order valence-electron chi connectivity index (χ2n) is 8.50. The van der Waals surface area contributed by atoms with Gasteiger partial charge in [0.15, 0.2) is 11.0 Å². The van der Waals surface area contributed by atoms with E-state index in [2.05, 4.69) is 57.4 Å². The maximum atomic E-state index is 13.3. The van der Waals surface area contributed by atoms with Gasteiger partial charge in [0, 0.05) is 26.2 Å². The summed E-state index contributed by atoms with van der Waals surface area (Å²) in [5, 5.41) is 13.7. The Morgan fingerprint density at radius 3 is 2.47 bits per heavy atom. The lowest BCUT2D eigenvalue weighted by atomic mass is 10.0. The molecule has 0 unspecified atom stereocenters. The van der Waals surface area contributed by atoms with Crippen LogP contribution in [0.15, 0.2) is 48.5 Å². The summed E-state index contributed by atoms with van der Waals surface area (Å²) in [6, 6.07) is 14.9. The Balaban J connectivity index is 1.31. The summed E-state index contributed by atoms with van der Waals surface area (Å²) in [6.45, 7) is 8.62. The Bertz CT molecular complexity index is 1150. The van der Waals surface area contributed by atoms with Gasteiger partial charge in [0.1, 0.15) is 5.82 Å². The van der Waals surface area contributed by atoms with Crippen LogP contribution in [0.3, 0.4) is 0 Å². The Hall–Kier alpha value is -2.91. The van der Waals surface area contributed by atoms with Crippen molar-refractivity contribution in [2.24, 2.45) is 5.92 Å². The van der Waals surface area contributed by atoms with Crippen molar-refractivity contribution in [3.8, 4) is 0 Å². The number of piperazine rings is 1. The molecule has 0 aliphatic carbocycles. The third-order valence-electron chi connectivity index (χ3n) is 5.96. The van der Waals surface area contributed by atoms with Gasteiger partial charge in [-0.25, -0.2) is 14.1 Å². The van der Waals surface area contributed by atoms with Crippen molar-refractivity contribution in [3.05, 3.63) is 65.7 Å². The number of hydrogen-bond acceptors (Lipinski definition) is 7. The van der Waals surface area contributed by atoms with Crippen molar-refractivity contribution < 1.29 is 4.39 Å². The van der Waals surface area contributed by atoms with Gasteiger partial charge in [0.2, 0.25) is 0 Å². The molecule has 4 aromatic rings. The zero-order valence-corrected chi connectivity index (χ0v) is 19.0. The smallest absolute Gasteiger partial charge is 0.186 e. The van der Waals surface area contributed by atoms with Gasteiger partial charge in [-0.2, -0.15) is 0 Å². The standard InChI is InChI=1S/C23H26FN7S/c1-16(2)21(22-26-27-28-31(22)15-17-7-9-18(24)10-8-17)29-11-13-30(14-12-29)23-25-19-5-3-4-6-20(19)32-23/h3-10,16,21H,11-15H2,1-2H3/t21-/m0/s1. The summed E-state index contributed by atoms with van der Waals surface area (Å²) in [7, 11) is 0. The van der Waals surface area contributed by atoms with Gasteiger partial charge in [0.05, 0.1) is 22.8 Å². The average molecular weight is 452 g/mol. The second-order valence-corrected chi connectivity index (χ2v) is 9.51. The molecule has 32 heavy (non-hydrogen) atoms. The van der Waals surface area contributed by atoms with Crippen LogP contribution in [-0.4, -0.2) is 56.3 Å². The number of thiazole rings is 1. The van der Waals surface area contributed by atoms with Gasteiger partial charge in [-0.3, -0.25) is 4.90 Å². The molecule has 0 bridgehead atoms. The highest BCUT2D eigenvalue weighted by Gasteiger charge is 2.32. The molecule has 3 heterocycles. The van der Waals surface area contributed by atoms with E-state index in [1.165, 1.54) is 16.8 Å². The number of anilines is 1. The third-order valence-corrected chi connectivity index (χ3v) is 7.06. The molecule has 5 rings (SSSR count). The molecule has 0 saturated carbocycles. The Morgan fingerprint density at radius 2 is 1.75 bits per heavy atom. The Labute approximate surface area is 190 Å². The fourth-order valence-electron chi connectivity index (χ4n) is 4.37. The molecule has 9 heteroatoms. The topological polar surface area (TPSA) is 63.0 Å². The van der Waals surface area contributed by atoms with Crippen LogP contribution in [0.4, 0.5) is 9.52 Å². The van der Waals surface area contributed by atoms with Crippen LogP contribution in [0.2, 0.25) is 0 Å².